The van der Waals surface area contributed by atoms with Crippen LogP contribution in [-0.2, 0) is 10.0 Å². The van der Waals surface area contributed by atoms with Crippen LogP contribution in [0.1, 0.15) is 20.0 Å². The highest BCUT2D eigenvalue weighted by Gasteiger charge is 2.27. The van der Waals surface area contributed by atoms with Crippen molar-refractivity contribution in [2.45, 2.75) is 4.90 Å². The molecule has 12 heteroatoms. The van der Waals surface area contributed by atoms with Crippen molar-refractivity contribution in [2.75, 3.05) is 26.2 Å². The number of hydrogen-bond acceptors (Lipinski definition) is 7. The molecule has 0 aliphatic carbocycles. The van der Waals surface area contributed by atoms with Crippen LogP contribution in [0.4, 0.5) is 5.00 Å². The van der Waals surface area contributed by atoms with E-state index in [1.54, 1.807) is 9.80 Å². The third-order valence-electron chi connectivity index (χ3n) is 4.27. The van der Waals surface area contributed by atoms with E-state index in [9.17, 15) is 28.1 Å². The molecule has 1 aromatic heterocycles. The van der Waals surface area contributed by atoms with Crippen molar-refractivity contribution in [1.29, 1.82) is 0 Å². The maximum Gasteiger partial charge on any atom is 0.324 e. The van der Waals surface area contributed by atoms with Crippen LogP contribution in [0.15, 0.2) is 41.3 Å². The topological polar surface area (TPSA) is 144 Å². The quantitative estimate of drug-likeness (QED) is 0.570. The van der Waals surface area contributed by atoms with Crippen molar-refractivity contribution in [3.63, 3.8) is 0 Å². The lowest BCUT2D eigenvalue weighted by Crippen LogP contribution is -2.50. The number of nitro groups is 1. The van der Waals surface area contributed by atoms with Gasteiger partial charge in [0.2, 0.25) is 10.0 Å². The third kappa shape index (κ3) is 4.18. The summed E-state index contributed by atoms with van der Waals surface area (Å²) in [4.78, 5) is 38.5. The SMILES string of the molecule is NS(=O)(=O)c1ccc(C(=O)N2CCN(C(=O)c3ccc([N+](=O)[O-])s3)CC2)cc1. The third-order valence-corrected chi connectivity index (χ3v) is 6.22. The van der Waals surface area contributed by atoms with Crippen molar-refractivity contribution < 1.29 is 22.9 Å². The Labute approximate surface area is 164 Å². The zero-order valence-corrected chi connectivity index (χ0v) is 16.1. The van der Waals surface area contributed by atoms with Crippen molar-refractivity contribution in [3.8, 4) is 0 Å². The van der Waals surface area contributed by atoms with Crippen LogP contribution in [0.5, 0.6) is 0 Å². The van der Waals surface area contributed by atoms with Crippen molar-refractivity contribution >= 4 is 38.2 Å². The van der Waals surface area contributed by atoms with Crippen molar-refractivity contribution in [3.05, 3.63) is 57.0 Å². The second-order valence-corrected chi connectivity index (χ2v) is 8.67. The largest absolute Gasteiger partial charge is 0.335 e. The molecule has 28 heavy (non-hydrogen) atoms. The molecule has 2 aromatic rings. The molecular formula is C16H16N4O6S2. The predicted octanol–water partition coefficient (Wildman–Crippen LogP) is 0.902. The van der Waals surface area contributed by atoms with Crippen molar-refractivity contribution in [1.82, 2.24) is 9.80 Å². The molecule has 2 heterocycles. The predicted molar refractivity (Wildman–Crippen MR) is 101 cm³/mol. The van der Waals surface area contributed by atoms with Gasteiger partial charge in [-0.15, -0.1) is 0 Å². The molecule has 1 saturated heterocycles. The van der Waals surface area contributed by atoms with Gasteiger partial charge in [0, 0.05) is 37.8 Å². The van der Waals surface area contributed by atoms with Crippen LogP contribution in [0.2, 0.25) is 0 Å². The summed E-state index contributed by atoms with van der Waals surface area (Å²) in [6.07, 6.45) is 0. The van der Waals surface area contributed by atoms with Gasteiger partial charge in [-0.25, -0.2) is 13.6 Å². The second kappa shape index (κ2) is 7.66. The molecule has 0 unspecified atom stereocenters. The zero-order valence-electron chi connectivity index (χ0n) is 14.5. The Morgan fingerprint density at radius 3 is 1.96 bits per heavy atom. The number of amides is 2. The Bertz CT molecular complexity index is 1020. The summed E-state index contributed by atoms with van der Waals surface area (Å²) >= 11 is 0.820. The van der Waals surface area contributed by atoms with E-state index >= 15 is 0 Å². The van der Waals surface area contributed by atoms with E-state index in [0.717, 1.165) is 11.3 Å². The van der Waals surface area contributed by atoms with Gasteiger partial charge in [0.1, 0.15) is 0 Å². The van der Waals surface area contributed by atoms with E-state index in [1.165, 1.54) is 36.4 Å². The summed E-state index contributed by atoms with van der Waals surface area (Å²) in [5, 5.41) is 15.7. The van der Waals surface area contributed by atoms with Crippen LogP contribution in [0.25, 0.3) is 0 Å². The van der Waals surface area contributed by atoms with Gasteiger partial charge in [-0.1, -0.05) is 11.3 Å². The van der Waals surface area contributed by atoms with Gasteiger partial charge in [-0.2, -0.15) is 0 Å². The number of carbonyl (C=O) groups is 2. The second-order valence-electron chi connectivity index (χ2n) is 6.05. The van der Waals surface area contributed by atoms with Crippen LogP contribution in [0.3, 0.4) is 0 Å². The van der Waals surface area contributed by atoms with Gasteiger partial charge in [0.25, 0.3) is 11.8 Å². The van der Waals surface area contributed by atoms with Crippen LogP contribution in [-0.4, -0.2) is 61.1 Å². The molecule has 0 spiro atoms. The summed E-state index contributed by atoms with van der Waals surface area (Å²) in [6.45, 7) is 1.20. The highest BCUT2D eigenvalue weighted by molar-refractivity contribution is 7.89. The van der Waals surface area contributed by atoms with Gasteiger partial charge in [0.15, 0.2) is 0 Å². The molecule has 1 aliphatic heterocycles. The average Bonchev–Trinajstić information content (AvgIpc) is 3.17. The Hall–Kier alpha value is -2.83. The smallest absolute Gasteiger partial charge is 0.324 e. The molecule has 10 nitrogen and oxygen atoms in total. The zero-order chi connectivity index (χ0) is 20.5. The van der Waals surface area contributed by atoms with E-state index in [4.69, 9.17) is 5.14 Å². The highest BCUT2D eigenvalue weighted by atomic mass is 32.2. The molecule has 1 aromatic carbocycles. The molecule has 148 valence electrons. The van der Waals surface area contributed by atoms with Crippen LogP contribution in [0, 0.1) is 10.1 Å². The molecular weight excluding hydrogens is 408 g/mol. The van der Waals surface area contributed by atoms with E-state index in [0.29, 0.717) is 31.7 Å². The number of thiophene rings is 1. The number of sulfonamides is 1. The van der Waals surface area contributed by atoms with E-state index in [1.807, 2.05) is 0 Å². The molecule has 0 radical (unpaired) electrons. The first-order chi connectivity index (χ1) is 13.2. The molecule has 3 rings (SSSR count). The fraction of sp³-hybridized carbons (Fsp3) is 0.250. The van der Waals surface area contributed by atoms with E-state index in [2.05, 4.69) is 0 Å². The first kappa shape index (κ1) is 19.9. The molecule has 0 bridgehead atoms. The van der Waals surface area contributed by atoms with Gasteiger partial charge in [0.05, 0.1) is 14.7 Å². The summed E-state index contributed by atoms with van der Waals surface area (Å²) < 4.78 is 22.6. The average molecular weight is 424 g/mol. The summed E-state index contributed by atoms with van der Waals surface area (Å²) in [5.74, 6) is -0.581. The molecule has 2 N–H and O–H groups in total. The minimum absolute atomic E-state index is 0.0792. The number of rotatable bonds is 4. The molecule has 1 fully saturated rings. The normalized spacial score (nSPS) is 14.8. The number of nitrogens with two attached hydrogens (primary N) is 1. The first-order valence-electron chi connectivity index (χ1n) is 8.12. The fourth-order valence-electron chi connectivity index (χ4n) is 2.78. The number of piperazine rings is 1. The minimum Gasteiger partial charge on any atom is -0.335 e. The highest BCUT2D eigenvalue weighted by Crippen LogP contribution is 2.25. The van der Waals surface area contributed by atoms with Crippen LogP contribution >= 0.6 is 11.3 Å². The maximum absolute atomic E-state index is 12.6. The number of carbonyl (C=O) groups excluding carboxylic acids is 2. The lowest BCUT2D eigenvalue weighted by atomic mass is 10.2. The summed E-state index contributed by atoms with van der Waals surface area (Å²) in [7, 11) is -3.83. The fourth-order valence-corrected chi connectivity index (χ4v) is 4.08. The molecule has 0 saturated carbocycles. The lowest BCUT2D eigenvalue weighted by Gasteiger charge is -2.34. The standard InChI is InChI=1S/C16H16N4O6S2/c17-28(25,26)12-3-1-11(2-4-12)15(21)18-7-9-19(10-8-18)16(22)13-5-6-14(27-13)20(23)24/h1-6H,7-10H2,(H2,17,25,26). The molecule has 2 amide bonds. The van der Waals surface area contributed by atoms with Crippen LogP contribution < -0.4 is 5.14 Å². The molecule has 0 atom stereocenters. The summed E-state index contributed by atoms with van der Waals surface area (Å²) in [6, 6.07) is 8.05. The number of nitrogens with zero attached hydrogens (tertiary/aromatic N) is 3. The first-order valence-corrected chi connectivity index (χ1v) is 10.5. The Balaban J connectivity index is 1.62. The Morgan fingerprint density at radius 2 is 1.50 bits per heavy atom. The number of hydrogen-bond donors (Lipinski definition) is 1. The van der Waals surface area contributed by atoms with Gasteiger partial charge in [-0.05, 0) is 30.3 Å². The molecule has 1 aliphatic rings. The van der Waals surface area contributed by atoms with Gasteiger partial charge >= 0.3 is 5.00 Å². The lowest BCUT2D eigenvalue weighted by molar-refractivity contribution is -0.380. The summed E-state index contributed by atoms with van der Waals surface area (Å²) in [5.41, 5.74) is 0.320. The van der Waals surface area contributed by atoms with Crippen molar-refractivity contribution in [2.24, 2.45) is 5.14 Å². The van der Waals surface area contributed by atoms with E-state index in [-0.39, 0.29) is 26.6 Å². The van der Waals surface area contributed by atoms with Gasteiger partial charge in [-0.3, -0.25) is 19.7 Å². The van der Waals surface area contributed by atoms with E-state index < -0.39 is 14.9 Å². The minimum atomic E-state index is -3.83. The van der Waals surface area contributed by atoms with Gasteiger partial charge < -0.3 is 9.80 Å². The Kier molecular flexibility index (Phi) is 5.45. The number of primary sulfonamides is 1. The Morgan fingerprint density at radius 1 is 0.964 bits per heavy atom. The maximum atomic E-state index is 12.6. The number of benzene rings is 1. The monoisotopic (exact) mass is 424 g/mol.